The number of imidazole rings is 1. The average Bonchev–Trinajstić information content (AvgIpc) is 3.51. The van der Waals surface area contributed by atoms with Gasteiger partial charge in [-0.05, 0) is 68.0 Å². The number of halogens is 2. The molecule has 0 fully saturated rings. The highest BCUT2D eigenvalue weighted by molar-refractivity contribution is 6.03. The third-order valence-corrected chi connectivity index (χ3v) is 6.76. The zero-order valence-corrected chi connectivity index (χ0v) is 20.7. The number of hydrogen-bond donors (Lipinski definition) is 2. The van der Waals surface area contributed by atoms with Crippen LogP contribution < -0.4 is 5.32 Å². The number of carbonyl (C=O) groups is 1. The fourth-order valence-corrected chi connectivity index (χ4v) is 5.01. The second kappa shape index (κ2) is 10.3. The number of hydrogen-bond acceptors (Lipinski definition) is 4. The van der Waals surface area contributed by atoms with Gasteiger partial charge in [0.25, 0.3) is 12.3 Å². The lowest BCUT2D eigenvalue weighted by atomic mass is 9.90. The van der Waals surface area contributed by atoms with Crippen LogP contribution in [0.1, 0.15) is 72.6 Å². The fourth-order valence-electron chi connectivity index (χ4n) is 5.01. The molecule has 3 heterocycles. The summed E-state index contributed by atoms with van der Waals surface area (Å²) in [4.78, 5) is 17.5. The summed E-state index contributed by atoms with van der Waals surface area (Å²) in [5.74, 6) is -0.522. The molecule has 192 valence electrons. The van der Waals surface area contributed by atoms with Crippen molar-refractivity contribution in [3.05, 3.63) is 89.8 Å². The van der Waals surface area contributed by atoms with Gasteiger partial charge in [-0.3, -0.25) is 9.48 Å². The standard InChI is InChI=1S/C28H29F2N5O2/c1-17(2)35-24(14-23(33-35)27(29)30)28(37)32-19-11-12-21(22(13-19)18-7-4-3-5-8-18)26-25(36)10-6-9-20-15-31-16-34(20)26/h3-5,7-8,11-17,25-27,36H,6,9-10H2,1-2H3,(H,32,37)/t25-,26-/m0/s1. The summed E-state index contributed by atoms with van der Waals surface area (Å²) in [6, 6.07) is 15.8. The van der Waals surface area contributed by atoms with Crippen LogP contribution in [0.25, 0.3) is 11.1 Å². The third-order valence-electron chi connectivity index (χ3n) is 6.76. The highest BCUT2D eigenvalue weighted by atomic mass is 19.3. The summed E-state index contributed by atoms with van der Waals surface area (Å²) in [6.07, 6.45) is 2.58. The van der Waals surface area contributed by atoms with Crippen LogP contribution in [0, 0.1) is 0 Å². The molecule has 2 atom stereocenters. The summed E-state index contributed by atoms with van der Waals surface area (Å²) < 4.78 is 29.9. The molecule has 0 spiro atoms. The molecule has 2 N–H and O–H groups in total. The first kappa shape index (κ1) is 24.8. The van der Waals surface area contributed by atoms with Crippen molar-refractivity contribution in [2.75, 3.05) is 5.32 Å². The number of amides is 1. The molecule has 0 saturated carbocycles. The SMILES string of the molecule is CC(C)n1nc(C(F)F)cc1C(=O)Nc1ccc([C@H]2[C@@H](O)CCCc3cncn32)c(-c2ccccc2)c1. The van der Waals surface area contributed by atoms with E-state index >= 15 is 0 Å². The zero-order valence-electron chi connectivity index (χ0n) is 20.7. The number of carbonyl (C=O) groups excluding carboxylic acids is 1. The van der Waals surface area contributed by atoms with Crippen molar-refractivity contribution < 1.29 is 18.7 Å². The molecule has 0 bridgehead atoms. The van der Waals surface area contributed by atoms with E-state index in [1.165, 1.54) is 4.68 Å². The highest BCUT2D eigenvalue weighted by Crippen LogP contribution is 2.38. The maximum atomic E-state index is 13.3. The first-order chi connectivity index (χ1) is 17.8. The van der Waals surface area contributed by atoms with E-state index < -0.39 is 24.1 Å². The second-order valence-electron chi connectivity index (χ2n) is 9.61. The number of aliphatic hydroxyl groups excluding tert-OH is 1. The van der Waals surface area contributed by atoms with Crippen LogP contribution in [0.2, 0.25) is 0 Å². The minimum Gasteiger partial charge on any atom is -0.391 e. The van der Waals surface area contributed by atoms with E-state index in [1.807, 2.05) is 53.2 Å². The van der Waals surface area contributed by atoms with Crippen molar-refractivity contribution in [3.8, 4) is 11.1 Å². The van der Waals surface area contributed by atoms with E-state index in [1.54, 1.807) is 26.2 Å². The Morgan fingerprint density at radius 1 is 1.14 bits per heavy atom. The Hall–Kier alpha value is -3.85. The molecule has 37 heavy (non-hydrogen) atoms. The number of aliphatic hydroxyl groups is 1. The molecule has 2 aromatic carbocycles. The van der Waals surface area contributed by atoms with Crippen LogP contribution >= 0.6 is 0 Å². The van der Waals surface area contributed by atoms with Gasteiger partial charge in [-0.1, -0.05) is 36.4 Å². The highest BCUT2D eigenvalue weighted by Gasteiger charge is 2.30. The van der Waals surface area contributed by atoms with Gasteiger partial charge >= 0.3 is 0 Å². The van der Waals surface area contributed by atoms with E-state index in [0.717, 1.165) is 41.3 Å². The summed E-state index contributed by atoms with van der Waals surface area (Å²) in [7, 11) is 0. The van der Waals surface area contributed by atoms with E-state index in [0.29, 0.717) is 12.1 Å². The second-order valence-corrected chi connectivity index (χ2v) is 9.61. The van der Waals surface area contributed by atoms with Crippen molar-refractivity contribution in [1.82, 2.24) is 19.3 Å². The number of benzene rings is 2. The van der Waals surface area contributed by atoms with Gasteiger partial charge in [-0.25, -0.2) is 13.8 Å². The minimum absolute atomic E-state index is 0.0675. The lowest BCUT2D eigenvalue weighted by Crippen LogP contribution is -2.25. The number of nitrogens with one attached hydrogen (secondary N) is 1. The molecule has 0 aliphatic carbocycles. The van der Waals surface area contributed by atoms with Gasteiger partial charge in [0.1, 0.15) is 11.4 Å². The number of fused-ring (bicyclic) bond motifs is 1. The predicted molar refractivity (Wildman–Crippen MR) is 137 cm³/mol. The van der Waals surface area contributed by atoms with Gasteiger partial charge in [0.05, 0.1) is 18.5 Å². The molecule has 1 amide bonds. The van der Waals surface area contributed by atoms with E-state index in [9.17, 15) is 18.7 Å². The Labute approximate surface area is 213 Å². The van der Waals surface area contributed by atoms with E-state index in [4.69, 9.17) is 0 Å². The van der Waals surface area contributed by atoms with Crippen LogP contribution in [0.3, 0.4) is 0 Å². The normalized spacial score (nSPS) is 17.6. The van der Waals surface area contributed by atoms with E-state index in [2.05, 4.69) is 15.4 Å². The number of aryl methyl sites for hydroxylation is 1. The van der Waals surface area contributed by atoms with Crippen LogP contribution in [-0.2, 0) is 6.42 Å². The Balaban J connectivity index is 1.56. The maximum Gasteiger partial charge on any atom is 0.282 e. The van der Waals surface area contributed by atoms with Gasteiger partial charge in [-0.15, -0.1) is 0 Å². The minimum atomic E-state index is -2.77. The van der Waals surface area contributed by atoms with Crippen molar-refractivity contribution in [3.63, 3.8) is 0 Å². The van der Waals surface area contributed by atoms with Gasteiger partial charge in [-0.2, -0.15) is 5.10 Å². The largest absolute Gasteiger partial charge is 0.391 e. The Bertz CT molecular complexity index is 1400. The molecule has 1 aliphatic heterocycles. The molecule has 0 saturated heterocycles. The van der Waals surface area contributed by atoms with Gasteiger partial charge < -0.3 is 15.0 Å². The number of nitrogens with zero attached hydrogens (tertiary/aromatic N) is 4. The summed E-state index contributed by atoms with van der Waals surface area (Å²) >= 11 is 0. The van der Waals surface area contributed by atoms with Crippen molar-refractivity contribution in [2.24, 2.45) is 0 Å². The lowest BCUT2D eigenvalue weighted by Gasteiger charge is -2.27. The van der Waals surface area contributed by atoms with Crippen molar-refractivity contribution in [2.45, 2.75) is 57.7 Å². The van der Waals surface area contributed by atoms with Crippen molar-refractivity contribution in [1.29, 1.82) is 0 Å². The monoisotopic (exact) mass is 505 g/mol. The Kier molecular flexibility index (Phi) is 6.88. The molecule has 9 heteroatoms. The molecule has 7 nitrogen and oxygen atoms in total. The molecule has 4 aromatic rings. The zero-order chi connectivity index (χ0) is 26.1. The van der Waals surface area contributed by atoms with E-state index in [-0.39, 0.29) is 17.8 Å². The maximum absolute atomic E-state index is 13.3. The number of anilines is 1. The third kappa shape index (κ3) is 4.91. The lowest BCUT2D eigenvalue weighted by molar-refractivity contribution is 0.101. The number of aromatic nitrogens is 4. The predicted octanol–water partition coefficient (Wildman–Crippen LogP) is 5.80. The fraction of sp³-hybridized carbons (Fsp3) is 0.321. The summed E-state index contributed by atoms with van der Waals surface area (Å²) in [5.41, 5.74) is 3.90. The van der Waals surface area contributed by atoms with Gasteiger partial charge in [0.15, 0.2) is 0 Å². The number of rotatable bonds is 6. The van der Waals surface area contributed by atoms with Gasteiger partial charge in [0, 0.05) is 23.6 Å². The smallest absolute Gasteiger partial charge is 0.282 e. The first-order valence-electron chi connectivity index (χ1n) is 12.4. The van der Waals surface area contributed by atoms with Crippen LogP contribution in [0.4, 0.5) is 14.5 Å². The Morgan fingerprint density at radius 3 is 2.65 bits per heavy atom. The van der Waals surface area contributed by atoms with Crippen LogP contribution in [0.5, 0.6) is 0 Å². The topological polar surface area (TPSA) is 85.0 Å². The molecular weight excluding hydrogens is 476 g/mol. The van der Waals surface area contributed by atoms with Crippen molar-refractivity contribution >= 4 is 11.6 Å². The first-order valence-corrected chi connectivity index (χ1v) is 12.4. The molecule has 2 aromatic heterocycles. The van der Waals surface area contributed by atoms with Gasteiger partial charge in [0.2, 0.25) is 0 Å². The molecule has 1 aliphatic rings. The van der Waals surface area contributed by atoms with Crippen LogP contribution in [-0.4, -0.2) is 36.4 Å². The van der Waals surface area contributed by atoms with Crippen LogP contribution in [0.15, 0.2) is 67.1 Å². The average molecular weight is 506 g/mol. The summed E-state index contributed by atoms with van der Waals surface area (Å²) in [5, 5.41) is 17.9. The summed E-state index contributed by atoms with van der Waals surface area (Å²) in [6.45, 7) is 3.56. The number of alkyl halides is 2. The molecule has 5 rings (SSSR count). The quantitative estimate of drug-likeness (QED) is 0.347. The Morgan fingerprint density at radius 2 is 1.92 bits per heavy atom. The molecule has 0 unspecified atom stereocenters. The molecular formula is C28H29F2N5O2. The molecule has 0 radical (unpaired) electrons.